The molecule has 2 heterocycles. The zero-order valence-electron chi connectivity index (χ0n) is 21.2. The van der Waals surface area contributed by atoms with Crippen molar-refractivity contribution in [2.24, 2.45) is 11.7 Å². The van der Waals surface area contributed by atoms with Gasteiger partial charge in [0.25, 0.3) is 11.7 Å². The van der Waals surface area contributed by atoms with Crippen LogP contribution in [0.1, 0.15) is 38.5 Å². The number of ether oxygens (including phenoxy) is 1. The van der Waals surface area contributed by atoms with Gasteiger partial charge in [-0.25, -0.2) is 4.98 Å². The first-order valence-corrected chi connectivity index (χ1v) is 13.0. The van der Waals surface area contributed by atoms with Crippen molar-refractivity contribution in [3.63, 3.8) is 0 Å². The van der Waals surface area contributed by atoms with E-state index in [1.54, 1.807) is 18.2 Å². The van der Waals surface area contributed by atoms with Gasteiger partial charge in [-0.1, -0.05) is 25.0 Å². The zero-order chi connectivity index (χ0) is 27.6. The van der Waals surface area contributed by atoms with Crippen molar-refractivity contribution in [3.05, 3.63) is 64.8 Å². The number of hydrogen-bond donors (Lipinski definition) is 2. The van der Waals surface area contributed by atoms with Gasteiger partial charge in [-0.2, -0.15) is 0 Å². The monoisotopic (exact) mass is 545 g/mol. The lowest BCUT2D eigenvalue weighted by Crippen LogP contribution is -2.63. The summed E-state index contributed by atoms with van der Waals surface area (Å²) in [6, 6.07) is 12.3. The first-order chi connectivity index (χ1) is 18.6. The maximum atomic E-state index is 12.6. The number of nitrogens with one attached hydrogen (secondary N) is 1. The third kappa shape index (κ3) is 6.11. The quantitative estimate of drug-likeness (QED) is 0.269. The van der Waals surface area contributed by atoms with Gasteiger partial charge in [-0.05, 0) is 55.9 Å². The molecule has 0 bridgehead atoms. The molecule has 1 aromatic heterocycles. The average molecular weight is 546 g/mol. The number of rotatable bonds is 7. The normalized spacial score (nSPS) is 23.8. The number of halogens is 3. The molecule has 3 N–H and O–H groups in total. The highest BCUT2D eigenvalue weighted by Crippen LogP contribution is 2.40. The van der Waals surface area contributed by atoms with E-state index >= 15 is 0 Å². The fraction of sp³-hybridized carbons (Fsp3) is 0.444. The number of nitrogens with two attached hydrogens (primary N) is 1. The lowest BCUT2D eigenvalue weighted by molar-refractivity contribution is -0.384. The Bertz CT molecular complexity index is 1300. The predicted molar refractivity (Wildman–Crippen MR) is 139 cm³/mol. The minimum absolute atomic E-state index is 0.0593. The third-order valence-corrected chi connectivity index (χ3v) is 7.76. The molecular formula is C27H30F3N5O4. The van der Waals surface area contributed by atoms with Gasteiger partial charge in [0.15, 0.2) is 5.76 Å². The van der Waals surface area contributed by atoms with Gasteiger partial charge in [0.05, 0.1) is 11.1 Å². The van der Waals surface area contributed by atoms with Crippen LogP contribution in [0.2, 0.25) is 0 Å². The molecular weight excluding hydrogens is 515 g/mol. The maximum Gasteiger partial charge on any atom is 0.573 e. The number of alkyl halides is 3. The first-order valence-electron chi connectivity index (χ1n) is 13.0. The fourth-order valence-electron chi connectivity index (χ4n) is 5.82. The summed E-state index contributed by atoms with van der Waals surface area (Å²) in [4.78, 5) is 17.2. The van der Waals surface area contributed by atoms with Crippen LogP contribution in [0.3, 0.4) is 0 Å². The van der Waals surface area contributed by atoms with Gasteiger partial charge >= 0.3 is 6.36 Å². The predicted octanol–water partition coefficient (Wildman–Crippen LogP) is 6.12. The van der Waals surface area contributed by atoms with Crippen LogP contribution in [0.25, 0.3) is 11.3 Å². The summed E-state index contributed by atoms with van der Waals surface area (Å²) < 4.78 is 47.8. The van der Waals surface area contributed by atoms with E-state index in [9.17, 15) is 23.3 Å². The van der Waals surface area contributed by atoms with Crippen molar-refractivity contribution in [3.8, 4) is 17.1 Å². The standard InChI is InChI=1S/C27H30F3N5O4/c28-27(29,30)39-22-7-3-5-18(15-22)23-16-32-25(38-23)33-24-8-1-2-13-26(24,31)19-6-4-14-34(17-19)20-9-11-21(12-10-20)35(36)37/h3,5,7,9-12,15-16,19,24H,1-2,4,6,8,13-14,17,31H2,(H,32,33)/t19?,24?,26-/m0/s1. The molecule has 1 saturated heterocycles. The van der Waals surface area contributed by atoms with E-state index in [4.69, 9.17) is 10.2 Å². The molecule has 1 aliphatic heterocycles. The number of piperidine rings is 1. The molecule has 2 aliphatic rings. The Kier molecular flexibility index (Phi) is 7.39. The second-order valence-electron chi connectivity index (χ2n) is 10.2. The number of nitrogens with zero attached hydrogens (tertiary/aromatic N) is 3. The fourth-order valence-corrected chi connectivity index (χ4v) is 5.82. The van der Waals surface area contributed by atoms with E-state index in [2.05, 4.69) is 19.9 Å². The molecule has 2 unspecified atom stereocenters. The van der Waals surface area contributed by atoms with Crippen molar-refractivity contribution in [1.29, 1.82) is 0 Å². The number of benzene rings is 2. The molecule has 9 nitrogen and oxygen atoms in total. The molecule has 3 aromatic rings. The number of hydrogen-bond acceptors (Lipinski definition) is 8. The van der Waals surface area contributed by atoms with Crippen molar-refractivity contribution in [2.45, 2.75) is 56.5 Å². The van der Waals surface area contributed by atoms with Gasteiger partial charge in [0.1, 0.15) is 5.75 Å². The van der Waals surface area contributed by atoms with Gasteiger partial charge < -0.3 is 25.1 Å². The molecule has 208 valence electrons. The SMILES string of the molecule is N[C@]1(C2CCCN(c3ccc([N+](=O)[O-])cc3)C2)CCCCC1Nc1ncc(-c2cccc(OC(F)(F)F)c2)o1. The third-order valence-electron chi connectivity index (χ3n) is 7.76. The number of anilines is 2. The molecule has 1 saturated carbocycles. The number of nitro benzene ring substituents is 1. The Morgan fingerprint density at radius 3 is 2.69 bits per heavy atom. The largest absolute Gasteiger partial charge is 0.573 e. The van der Waals surface area contributed by atoms with Crippen LogP contribution in [0.15, 0.2) is 59.1 Å². The van der Waals surface area contributed by atoms with Crippen LogP contribution in [0.4, 0.5) is 30.6 Å². The number of aromatic nitrogens is 1. The average Bonchev–Trinajstić information content (AvgIpc) is 3.38. The van der Waals surface area contributed by atoms with E-state index in [0.717, 1.165) is 57.3 Å². The second-order valence-corrected chi connectivity index (χ2v) is 10.2. The van der Waals surface area contributed by atoms with E-state index in [-0.39, 0.29) is 29.4 Å². The summed E-state index contributed by atoms with van der Waals surface area (Å²) in [6.45, 7) is 1.58. The summed E-state index contributed by atoms with van der Waals surface area (Å²) in [5.41, 5.74) is 8.02. The summed E-state index contributed by atoms with van der Waals surface area (Å²) >= 11 is 0. The van der Waals surface area contributed by atoms with Crippen LogP contribution in [-0.4, -0.2) is 40.9 Å². The van der Waals surface area contributed by atoms with E-state index < -0.39 is 16.8 Å². The molecule has 0 radical (unpaired) electrons. The summed E-state index contributed by atoms with van der Waals surface area (Å²) in [5, 5.41) is 14.4. The van der Waals surface area contributed by atoms with Crippen molar-refractivity contribution < 1.29 is 27.2 Å². The number of nitro groups is 1. The Morgan fingerprint density at radius 2 is 1.95 bits per heavy atom. The lowest BCUT2D eigenvalue weighted by Gasteiger charge is -2.50. The van der Waals surface area contributed by atoms with E-state index in [0.29, 0.717) is 11.3 Å². The molecule has 12 heteroatoms. The van der Waals surface area contributed by atoms with Gasteiger partial charge in [0.2, 0.25) is 0 Å². The Morgan fingerprint density at radius 1 is 1.15 bits per heavy atom. The van der Waals surface area contributed by atoms with Crippen LogP contribution in [-0.2, 0) is 0 Å². The van der Waals surface area contributed by atoms with Crippen LogP contribution < -0.4 is 20.7 Å². The zero-order valence-corrected chi connectivity index (χ0v) is 21.2. The van der Waals surface area contributed by atoms with Crippen LogP contribution in [0, 0.1) is 16.0 Å². The number of non-ortho nitro benzene ring substituents is 1. The maximum absolute atomic E-state index is 12.6. The van der Waals surface area contributed by atoms with Crippen molar-refractivity contribution in [1.82, 2.24) is 4.98 Å². The Balaban J connectivity index is 1.30. The molecule has 0 amide bonds. The Hall–Kier alpha value is -3.80. The minimum atomic E-state index is -4.79. The summed E-state index contributed by atoms with van der Waals surface area (Å²) in [7, 11) is 0. The second kappa shape index (κ2) is 10.8. The minimum Gasteiger partial charge on any atom is -0.424 e. The molecule has 2 aromatic carbocycles. The molecule has 1 aliphatic carbocycles. The van der Waals surface area contributed by atoms with Crippen LogP contribution in [0.5, 0.6) is 5.75 Å². The van der Waals surface area contributed by atoms with Gasteiger partial charge in [-0.3, -0.25) is 10.1 Å². The van der Waals surface area contributed by atoms with Crippen LogP contribution >= 0.6 is 0 Å². The smallest absolute Gasteiger partial charge is 0.424 e. The molecule has 2 fully saturated rings. The Labute approximate surface area is 223 Å². The van der Waals surface area contributed by atoms with Crippen molar-refractivity contribution in [2.75, 3.05) is 23.3 Å². The number of oxazole rings is 1. The highest BCUT2D eigenvalue weighted by atomic mass is 19.4. The molecule has 3 atom stereocenters. The van der Waals surface area contributed by atoms with Crippen molar-refractivity contribution >= 4 is 17.4 Å². The molecule has 0 spiro atoms. The summed E-state index contributed by atoms with van der Waals surface area (Å²) in [6.07, 6.45) is 2.25. The highest BCUT2D eigenvalue weighted by molar-refractivity contribution is 5.60. The highest BCUT2D eigenvalue weighted by Gasteiger charge is 2.45. The van der Waals surface area contributed by atoms with E-state index in [1.807, 2.05) is 0 Å². The lowest BCUT2D eigenvalue weighted by atomic mass is 9.67. The van der Waals surface area contributed by atoms with E-state index in [1.165, 1.54) is 36.5 Å². The first kappa shape index (κ1) is 26.8. The topological polar surface area (TPSA) is 120 Å². The van der Waals surface area contributed by atoms with Gasteiger partial charge in [-0.15, -0.1) is 13.2 Å². The summed E-state index contributed by atoms with van der Waals surface area (Å²) in [5.74, 6) is 0.143. The van der Waals surface area contributed by atoms with Gasteiger partial charge in [0, 0.05) is 48.1 Å². The molecule has 5 rings (SSSR count). The molecule has 39 heavy (non-hydrogen) atoms.